The Morgan fingerprint density at radius 2 is 1.86 bits per heavy atom. The van der Waals surface area contributed by atoms with E-state index in [1.807, 2.05) is 62.9 Å². The molecule has 7 rings (SSSR count). The summed E-state index contributed by atoms with van der Waals surface area (Å²) < 4.78 is 11.0. The van der Waals surface area contributed by atoms with Crippen LogP contribution in [0.2, 0.25) is 0 Å². The first-order valence-corrected chi connectivity index (χ1v) is 11.8. The molecule has 0 saturated heterocycles. The topological polar surface area (TPSA) is 118 Å². The average Bonchev–Trinajstić information content (AvgIpc) is 3.65. The van der Waals surface area contributed by atoms with Crippen LogP contribution in [-0.4, -0.2) is 60.9 Å². The van der Waals surface area contributed by atoms with Crippen molar-refractivity contribution in [3.63, 3.8) is 0 Å². The van der Waals surface area contributed by atoms with Gasteiger partial charge in [-0.05, 0) is 61.6 Å². The standard InChI is InChI=1S/C27H22N8O2/c1-35(2)13-15-9-17(12-28-11-15)19-4-5-20-24(30-19)25(34-33-20)27-31-23-18(7-8-29-26(23)32-27)16-3-6-21-22(10-16)37-14-36-21/h3-12H,13-14H2,1-2H3,(H,33,34)(H,29,31,32). The number of imidazole rings is 1. The number of aromatic nitrogens is 7. The van der Waals surface area contributed by atoms with Crippen LogP contribution >= 0.6 is 0 Å². The molecule has 0 radical (unpaired) electrons. The summed E-state index contributed by atoms with van der Waals surface area (Å²) in [6, 6.07) is 13.9. The summed E-state index contributed by atoms with van der Waals surface area (Å²) in [5.74, 6) is 2.05. The van der Waals surface area contributed by atoms with Crippen molar-refractivity contribution in [2.45, 2.75) is 6.54 Å². The second-order valence-electron chi connectivity index (χ2n) is 9.20. The fourth-order valence-electron chi connectivity index (χ4n) is 4.63. The number of H-pyrrole nitrogens is 2. The normalized spacial score (nSPS) is 12.7. The predicted molar refractivity (Wildman–Crippen MR) is 139 cm³/mol. The summed E-state index contributed by atoms with van der Waals surface area (Å²) in [7, 11) is 4.07. The Morgan fingerprint density at radius 1 is 0.946 bits per heavy atom. The molecular formula is C27H22N8O2. The van der Waals surface area contributed by atoms with Crippen molar-refractivity contribution in [2.75, 3.05) is 20.9 Å². The highest BCUT2D eigenvalue weighted by Gasteiger charge is 2.19. The van der Waals surface area contributed by atoms with E-state index in [1.165, 1.54) is 0 Å². The zero-order valence-electron chi connectivity index (χ0n) is 20.2. The molecule has 0 aliphatic carbocycles. The molecule has 0 fully saturated rings. The first-order valence-electron chi connectivity index (χ1n) is 11.8. The Hall–Kier alpha value is -4.83. The van der Waals surface area contributed by atoms with Gasteiger partial charge in [-0.1, -0.05) is 6.07 Å². The fraction of sp³-hybridized carbons (Fsp3) is 0.148. The molecule has 0 amide bonds. The molecule has 10 nitrogen and oxygen atoms in total. The Kier molecular flexibility index (Phi) is 4.86. The third-order valence-corrected chi connectivity index (χ3v) is 6.30. The van der Waals surface area contributed by atoms with Gasteiger partial charge in [0.2, 0.25) is 6.79 Å². The molecule has 2 N–H and O–H groups in total. The van der Waals surface area contributed by atoms with Crippen LogP contribution in [0.3, 0.4) is 0 Å². The summed E-state index contributed by atoms with van der Waals surface area (Å²) in [6.07, 6.45) is 5.46. The smallest absolute Gasteiger partial charge is 0.231 e. The number of nitrogens with zero attached hydrogens (tertiary/aromatic N) is 6. The fourth-order valence-corrected chi connectivity index (χ4v) is 4.63. The molecule has 37 heavy (non-hydrogen) atoms. The van der Waals surface area contributed by atoms with E-state index in [-0.39, 0.29) is 6.79 Å². The van der Waals surface area contributed by atoms with Crippen LogP contribution in [-0.2, 0) is 6.54 Å². The van der Waals surface area contributed by atoms with Crippen LogP contribution in [0.15, 0.2) is 61.1 Å². The van der Waals surface area contributed by atoms with Crippen LogP contribution in [0, 0.1) is 0 Å². The molecule has 6 aromatic rings. The third-order valence-electron chi connectivity index (χ3n) is 6.30. The third kappa shape index (κ3) is 3.74. The minimum Gasteiger partial charge on any atom is -0.454 e. The molecule has 0 atom stereocenters. The number of rotatable bonds is 5. The van der Waals surface area contributed by atoms with Crippen molar-refractivity contribution >= 4 is 22.2 Å². The first kappa shape index (κ1) is 21.5. The van der Waals surface area contributed by atoms with E-state index in [0.29, 0.717) is 17.2 Å². The second-order valence-corrected chi connectivity index (χ2v) is 9.20. The number of nitrogens with one attached hydrogen (secondary N) is 2. The molecule has 0 unspecified atom stereocenters. The van der Waals surface area contributed by atoms with Gasteiger partial charge in [-0.25, -0.2) is 15.0 Å². The van der Waals surface area contributed by atoms with Crippen molar-refractivity contribution in [3.05, 3.63) is 66.6 Å². The summed E-state index contributed by atoms with van der Waals surface area (Å²) in [5.41, 5.74) is 8.40. The maximum atomic E-state index is 5.57. The van der Waals surface area contributed by atoms with Crippen LogP contribution in [0.5, 0.6) is 11.5 Å². The molecule has 0 saturated carbocycles. The Bertz CT molecular complexity index is 1790. The van der Waals surface area contributed by atoms with Crippen LogP contribution in [0.25, 0.3) is 56.1 Å². The average molecular weight is 491 g/mol. The van der Waals surface area contributed by atoms with Gasteiger partial charge >= 0.3 is 0 Å². The van der Waals surface area contributed by atoms with Gasteiger partial charge in [0.15, 0.2) is 28.7 Å². The van der Waals surface area contributed by atoms with Gasteiger partial charge in [-0.2, -0.15) is 5.10 Å². The van der Waals surface area contributed by atoms with E-state index in [4.69, 9.17) is 19.4 Å². The Morgan fingerprint density at radius 3 is 2.78 bits per heavy atom. The zero-order chi connectivity index (χ0) is 24.9. The van der Waals surface area contributed by atoms with E-state index >= 15 is 0 Å². The van der Waals surface area contributed by atoms with Crippen LogP contribution in [0.1, 0.15) is 5.56 Å². The van der Waals surface area contributed by atoms with Gasteiger partial charge in [0, 0.05) is 36.3 Å². The minimum absolute atomic E-state index is 0.232. The van der Waals surface area contributed by atoms with Crippen molar-refractivity contribution in [2.24, 2.45) is 0 Å². The number of pyridine rings is 3. The van der Waals surface area contributed by atoms with Gasteiger partial charge in [0.25, 0.3) is 0 Å². The predicted octanol–water partition coefficient (Wildman–Crippen LogP) is 4.42. The lowest BCUT2D eigenvalue weighted by Crippen LogP contribution is -2.10. The first-order chi connectivity index (χ1) is 18.1. The molecule has 10 heteroatoms. The lowest BCUT2D eigenvalue weighted by atomic mass is 10.1. The van der Waals surface area contributed by atoms with E-state index in [2.05, 4.69) is 36.1 Å². The van der Waals surface area contributed by atoms with Gasteiger partial charge in [-0.3, -0.25) is 10.1 Å². The van der Waals surface area contributed by atoms with E-state index in [0.717, 1.165) is 62.5 Å². The minimum atomic E-state index is 0.232. The van der Waals surface area contributed by atoms with Gasteiger partial charge in [0.05, 0.1) is 16.7 Å². The maximum absolute atomic E-state index is 5.57. The highest BCUT2D eigenvalue weighted by molar-refractivity contribution is 5.95. The quantitative estimate of drug-likeness (QED) is 0.365. The van der Waals surface area contributed by atoms with Crippen LogP contribution in [0.4, 0.5) is 0 Å². The monoisotopic (exact) mass is 490 g/mol. The van der Waals surface area contributed by atoms with E-state index in [9.17, 15) is 0 Å². The van der Waals surface area contributed by atoms with Crippen LogP contribution < -0.4 is 9.47 Å². The van der Waals surface area contributed by atoms with Crippen molar-refractivity contribution in [3.8, 4) is 45.4 Å². The molecule has 182 valence electrons. The molecule has 1 aromatic carbocycles. The summed E-state index contributed by atoms with van der Waals surface area (Å²) in [5, 5.41) is 7.61. The van der Waals surface area contributed by atoms with Crippen molar-refractivity contribution in [1.82, 2.24) is 40.0 Å². The molecule has 6 heterocycles. The highest BCUT2D eigenvalue weighted by Crippen LogP contribution is 2.38. The maximum Gasteiger partial charge on any atom is 0.231 e. The lowest BCUT2D eigenvalue weighted by molar-refractivity contribution is 0.174. The van der Waals surface area contributed by atoms with E-state index in [1.54, 1.807) is 6.20 Å². The molecule has 0 spiro atoms. The number of hydrogen-bond acceptors (Lipinski definition) is 8. The number of hydrogen-bond donors (Lipinski definition) is 2. The second kappa shape index (κ2) is 8.38. The molecular weight excluding hydrogens is 468 g/mol. The van der Waals surface area contributed by atoms with Gasteiger partial charge in [-0.15, -0.1) is 0 Å². The SMILES string of the molecule is CN(C)Cc1cncc(-c2ccc3[nH]nc(-c4nc5nccc(-c6ccc7c(c6)OCO7)c5[nH]4)c3n2)c1. The number of fused-ring (bicyclic) bond motifs is 3. The van der Waals surface area contributed by atoms with Crippen molar-refractivity contribution in [1.29, 1.82) is 0 Å². The van der Waals surface area contributed by atoms with Crippen molar-refractivity contribution < 1.29 is 9.47 Å². The number of aromatic amines is 2. The number of benzene rings is 1. The highest BCUT2D eigenvalue weighted by atomic mass is 16.7. The Balaban J connectivity index is 1.31. The van der Waals surface area contributed by atoms with Gasteiger partial charge < -0.3 is 19.4 Å². The lowest BCUT2D eigenvalue weighted by Gasteiger charge is -2.10. The number of ether oxygens (including phenoxy) is 2. The zero-order valence-corrected chi connectivity index (χ0v) is 20.2. The summed E-state index contributed by atoms with van der Waals surface area (Å²) in [4.78, 5) is 24.1. The summed E-state index contributed by atoms with van der Waals surface area (Å²) >= 11 is 0. The molecule has 1 aliphatic heterocycles. The Labute approximate surface area is 211 Å². The van der Waals surface area contributed by atoms with Gasteiger partial charge in [0.1, 0.15) is 5.52 Å². The molecule has 0 bridgehead atoms. The molecule has 1 aliphatic rings. The largest absolute Gasteiger partial charge is 0.454 e. The summed E-state index contributed by atoms with van der Waals surface area (Å²) in [6.45, 7) is 1.04. The molecule has 5 aromatic heterocycles. The van der Waals surface area contributed by atoms with E-state index < -0.39 is 0 Å².